The number of nitrogens with zero attached hydrogens (tertiary/aromatic N) is 2. The van der Waals surface area contributed by atoms with Gasteiger partial charge in [0.05, 0.1) is 0 Å². The molecule has 0 radical (unpaired) electrons. The predicted octanol–water partition coefficient (Wildman–Crippen LogP) is 2.82. The summed E-state index contributed by atoms with van der Waals surface area (Å²) in [5.74, 6) is 0.188. The second kappa shape index (κ2) is 6.00. The van der Waals surface area contributed by atoms with Crippen molar-refractivity contribution in [3.8, 4) is 0 Å². The second-order valence-electron chi connectivity index (χ2n) is 7.00. The summed E-state index contributed by atoms with van der Waals surface area (Å²) in [6.07, 6.45) is 5.88. The van der Waals surface area contributed by atoms with E-state index in [1.54, 1.807) is 0 Å². The van der Waals surface area contributed by atoms with Crippen molar-refractivity contribution >= 4 is 16.8 Å². The summed E-state index contributed by atoms with van der Waals surface area (Å²) in [6, 6.07) is 6.19. The molecule has 0 atom stereocenters. The molecule has 0 unspecified atom stereocenters. The molecule has 4 nitrogen and oxygen atoms in total. The van der Waals surface area contributed by atoms with Gasteiger partial charge in [-0.2, -0.15) is 0 Å². The number of carbonyl (C=O) groups is 1. The Morgan fingerprint density at radius 3 is 2.83 bits per heavy atom. The fourth-order valence-electron chi connectivity index (χ4n) is 3.97. The smallest absolute Gasteiger partial charge is 0.253 e. The van der Waals surface area contributed by atoms with Crippen molar-refractivity contribution in [1.29, 1.82) is 0 Å². The number of rotatable bonds is 1. The van der Waals surface area contributed by atoms with Crippen molar-refractivity contribution in [2.45, 2.75) is 32.1 Å². The zero-order chi connectivity index (χ0) is 15.8. The lowest BCUT2D eigenvalue weighted by Gasteiger charge is -2.20. The fourth-order valence-corrected chi connectivity index (χ4v) is 3.97. The molecule has 0 spiro atoms. The molecule has 0 bridgehead atoms. The van der Waals surface area contributed by atoms with Crippen LogP contribution in [0, 0.1) is 0 Å². The highest BCUT2D eigenvalue weighted by Crippen LogP contribution is 2.30. The van der Waals surface area contributed by atoms with Crippen LogP contribution in [0.2, 0.25) is 0 Å². The lowest BCUT2D eigenvalue weighted by atomic mass is 9.95. The van der Waals surface area contributed by atoms with Gasteiger partial charge in [0.1, 0.15) is 0 Å². The van der Waals surface area contributed by atoms with Crippen LogP contribution < -0.4 is 0 Å². The number of likely N-dealkylation sites (N-methyl/N-ethyl adjacent to an activating group) is 1. The van der Waals surface area contributed by atoms with Crippen LogP contribution in [-0.4, -0.2) is 53.9 Å². The molecule has 1 N–H and O–H groups in total. The average molecular weight is 311 g/mol. The van der Waals surface area contributed by atoms with Crippen molar-refractivity contribution in [2.75, 3.05) is 33.2 Å². The van der Waals surface area contributed by atoms with Gasteiger partial charge in [0.15, 0.2) is 0 Å². The SMILES string of the molecule is CN1CCCN(C(=O)c2ccc3[nH]c4c(c3c2)CCCC4)CC1. The summed E-state index contributed by atoms with van der Waals surface area (Å²) in [5, 5.41) is 1.26. The third-order valence-electron chi connectivity index (χ3n) is 5.35. The third-order valence-corrected chi connectivity index (χ3v) is 5.35. The number of aromatic nitrogens is 1. The Morgan fingerprint density at radius 2 is 1.91 bits per heavy atom. The lowest BCUT2D eigenvalue weighted by molar-refractivity contribution is 0.0763. The first-order chi connectivity index (χ1) is 11.2. The Bertz CT molecular complexity index is 734. The fraction of sp³-hybridized carbons (Fsp3) is 0.526. The number of hydrogen-bond acceptors (Lipinski definition) is 2. The summed E-state index contributed by atoms with van der Waals surface area (Å²) in [4.78, 5) is 20.8. The Hall–Kier alpha value is -1.81. The summed E-state index contributed by atoms with van der Waals surface area (Å²) in [7, 11) is 2.13. The van der Waals surface area contributed by atoms with Crippen LogP contribution in [0.1, 0.15) is 40.9 Å². The minimum absolute atomic E-state index is 0.188. The van der Waals surface area contributed by atoms with Gasteiger partial charge >= 0.3 is 0 Å². The highest BCUT2D eigenvalue weighted by atomic mass is 16.2. The summed E-state index contributed by atoms with van der Waals surface area (Å²) in [6.45, 7) is 3.74. The molecule has 23 heavy (non-hydrogen) atoms. The first-order valence-corrected chi connectivity index (χ1v) is 8.83. The molecule has 0 saturated carbocycles. The Morgan fingerprint density at radius 1 is 1.04 bits per heavy atom. The standard InChI is InChI=1S/C19H25N3O/c1-21-9-4-10-22(12-11-21)19(23)14-7-8-18-16(13-14)15-5-2-3-6-17(15)20-18/h7-8,13,20H,2-6,9-12H2,1H3. The van der Waals surface area contributed by atoms with Crippen LogP contribution in [0.4, 0.5) is 0 Å². The third kappa shape index (κ3) is 2.76. The van der Waals surface area contributed by atoms with Crippen molar-refractivity contribution in [1.82, 2.24) is 14.8 Å². The zero-order valence-corrected chi connectivity index (χ0v) is 13.9. The van der Waals surface area contributed by atoms with Gasteiger partial charge in [0, 0.05) is 41.8 Å². The number of fused-ring (bicyclic) bond motifs is 3. The minimum atomic E-state index is 0.188. The van der Waals surface area contributed by atoms with Gasteiger partial charge in [-0.3, -0.25) is 4.79 Å². The van der Waals surface area contributed by atoms with E-state index in [0.717, 1.165) is 51.0 Å². The largest absolute Gasteiger partial charge is 0.358 e. The van der Waals surface area contributed by atoms with Gasteiger partial charge < -0.3 is 14.8 Å². The van der Waals surface area contributed by atoms with Gasteiger partial charge in [-0.15, -0.1) is 0 Å². The molecule has 1 amide bonds. The van der Waals surface area contributed by atoms with E-state index in [0.29, 0.717) is 0 Å². The molecule has 1 aromatic carbocycles. The Kier molecular flexibility index (Phi) is 3.85. The lowest BCUT2D eigenvalue weighted by Crippen LogP contribution is -2.34. The number of aryl methyl sites for hydroxylation is 2. The van der Waals surface area contributed by atoms with E-state index in [-0.39, 0.29) is 5.91 Å². The molecule has 122 valence electrons. The second-order valence-corrected chi connectivity index (χ2v) is 7.00. The normalized spacial score (nSPS) is 19.6. The number of carbonyl (C=O) groups excluding carboxylic acids is 1. The number of H-pyrrole nitrogens is 1. The van der Waals surface area contributed by atoms with Crippen LogP contribution in [0.15, 0.2) is 18.2 Å². The minimum Gasteiger partial charge on any atom is -0.358 e. The van der Waals surface area contributed by atoms with E-state index in [2.05, 4.69) is 29.1 Å². The molecule has 4 rings (SSSR count). The zero-order valence-electron chi connectivity index (χ0n) is 13.9. The van der Waals surface area contributed by atoms with Crippen molar-refractivity contribution in [3.63, 3.8) is 0 Å². The van der Waals surface area contributed by atoms with Crippen molar-refractivity contribution in [2.24, 2.45) is 0 Å². The van der Waals surface area contributed by atoms with Crippen molar-refractivity contribution in [3.05, 3.63) is 35.0 Å². The number of benzene rings is 1. The van der Waals surface area contributed by atoms with Gasteiger partial charge in [-0.1, -0.05) is 0 Å². The summed E-state index contributed by atoms with van der Waals surface area (Å²) in [5.41, 5.74) is 4.85. The number of nitrogens with one attached hydrogen (secondary N) is 1. The van der Waals surface area contributed by atoms with E-state index < -0.39 is 0 Å². The van der Waals surface area contributed by atoms with Gasteiger partial charge in [-0.25, -0.2) is 0 Å². The maximum atomic E-state index is 12.9. The molecule has 2 aliphatic rings. The first kappa shape index (κ1) is 14.8. The molecule has 1 saturated heterocycles. The highest BCUT2D eigenvalue weighted by molar-refractivity contribution is 5.99. The molecular weight excluding hydrogens is 286 g/mol. The molecule has 1 aromatic heterocycles. The van der Waals surface area contributed by atoms with Crippen LogP contribution >= 0.6 is 0 Å². The first-order valence-electron chi connectivity index (χ1n) is 8.83. The van der Waals surface area contributed by atoms with Crippen LogP contribution in [0.25, 0.3) is 10.9 Å². The van der Waals surface area contributed by atoms with Crippen LogP contribution in [0.5, 0.6) is 0 Å². The molecule has 2 heterocycles. The van der Waals surface area contributed by atoms with Crippen LogP contribution in [-0.2, 0) is 12.8 Å². The maximum absolute atomic E-state index is 12.9. The molecular formula is C19H25N3O. The quantitative estimate of drug-likeness (QED) is 0.879. The predicted molar refractivity (Wildman–Crippen MR) is 93.0 cm³/mol. The summed E-state index contributed by atoms with van der Waals surface area (Å²) < 4.78 is 0. The molecule has 1 aliphatic carbocycles. The van der Waals surface area contributed by atoms with Crippen molar-refractivity contribution < 1.29 is 4.79 Å². The van der Waals surface area contributed by atoms with Gasteiger partial charge in [0.2, 0.25) is 0 Å². The molecule has 1 aliphatic heterocycles. The van der Waals surface area contributed by atoms with E-state index in [4.69, 9.17) is 0 Å². The maximum Gasteiger partial charge on any atom is 0.253 e. The monoisotopic (exact) mass is 311 g/mol. The van der Waals surface area contributed by atoms with E-state index in [1.807, 2.05) is 11.0 Å². The van der Waals surface area contributed by atoms with E-state index in [9.17, 15) is 4.79 Å². The van der Waals surface area contributed by atoms with Gasteiger partial charge in [0.25, 0.3) is 5.91 Å². The topological polar surface area (TPSA) is 39.3 Å². The molecule has 2 aromatic rings. The van der Waals surface area contributed by atoms with E-state index in [1.165, 1.54) is 35.0 Å². The highest BCUT2D eigenvalue weighted by Gasteiger charge is 2.21. The van der Waals surface area contributed by atoms with Crippen LogP contribution in [0.3, 0.4) is 0 Å². The van der Waals surface area contributed by atoms with E-state index >= 15 is 0 Å². The average Bonchev–Trinajstić information content (AvgIpc) is 2.80. The number of hydrogen-bond donors (Lipinski definition) is 1. The molecule has 4 heteroatoms. The number of aromatic amines is 1. The Balaban J connectivity index is 1.64. The molecule has 1 fully saturated rings. The van der Waals surface area contributed by atoms with Gasteiger partial charge in [-0.05, 0) is 69.5 Å². The number of amides is 1. The Labute approximate surface area is 137 Å². The summed E-state index contributed by atoms with van der Waals surface area (Å²) >= 11 is 0.